The van der Waals surface area contributed by atoms with Gasteiger partial charge in [0.2, 0.25) is 5.91 Å². The van der Waals surface area contributed by atoms with Gasteiger partial charge >= 0.3 is 0 Å². The molecule has 0 bridgehead atoms. The highest BCUT2D eigenvalue weighted by atomic mass is 16.2. The summed E-state index contributed by atoms with van der Waals surface area (Å²) in [5.74, 6) is -0.215. The molecule has 1 aromatic heterocycles. The fourth-order valence-electron chi connectivity index (χ4n) is 2.48. The molecule has 0 unspecified atom stereocenters. The molecule has 5 heteroatoms. The van der Waals surface area contributed by atoms with E-state index in [9.17, 15) is 9.59 Å². The van der Waals surface area contributed by atoms with Crippen LogP contribution in [-0.4, -0.2) is 23.6 Å². The predicted molar refractivity (Wildman–Crippen MR) is 94.1 cm³/mol. The second kappa shape index (κ2) is 7.63. The highest BCUT2D eigenvalue weighted by Gasteiger charge is 2.07. The summed E-state index contributed by atoms with van der Waals surface area (Å²) in [6, 6.07) is 11.2. The number of hydrogen-bond donors (Lipinski definition) is 1. The summed E-state index contributed by atoms with van der Waals surface area (Å²) in [6.45, 7) is 7.86. The van der Waals surface area contributed by atoms with E-state index >= 15 is 0 Å². The van der Waals surface area contributed by atoms with Gasteiger partial charge in [0, 0.05) is 36.2 Å². The van der Waals surface area contributed by atoms with Crippen LogP contribution in [0.1, 0.15) is 19.4 Å². The van der Waals surface area contributed by atoms with Gasteiger partial charge < -0.3 is 14.8 Å². The molecule has 1 aromatic carbocycles. The Balaban J connectivity index is 2.03. The molecule has 122 valence electrons. The van der Waals surface area contributed by atoms with Gasteiger partial charge in [0.25, 0.3) is 5.56 Å². The molecule has 0 atom stereocenters. The minimum atomic E-state index is -0.215. The Bertz CT molecular complexity index is 716. The number of nitrogens with one attached hydrogen (secondary N) is 1. The van der Waals surface area contributed by atoms with Gasteiger partial charge in [-0.2, -0.15) is 0 Å². The van der Waals surface area contributed by atoms with Crippen molar-refractivity contribution in [1.29, 1.82) is 0 Å². The zero-order valence-corrected chi connectivity index (χ0v) is 13.9. The fraction of sp³-hybridized carbons (Fsp3) is 0.333. The molecule has 0 radical (unpaired) electrons. The summed E-state index contributed by atoms with van der Waals surface area (Å²) in [7, 11) is 0. The average Bonchev–Trinajstić information content (AvgIpc) is 2.54. The molecule has 0 aliphatic rings. The molecule has 0 aliphatic heterocycles. The number of hydrogen-bond acceptors (Lipinski definition) is 3. The molecular formula is C18H23N3O2. The lowest BCUT2D eigenvalue weighted by Gasteiger charge is -2.21. The number of nitrogens with zero attached hydrogens (tertiary/aromatic N) is 2. The largest absolute Gasteiger partial charge is 0.372 e. The van der Waals surface area contributed by atoms with Crippen LogP contribution in [0.5, 0.6) is 0 Å². The summed E-state index contributed by atoms with van der Waals surface area (Å²) in [5, 5.41) is 2.82. The van der Waals surface area contributed by atoms with Gasteiger partial charge in [-0.05, 0) is 51.1 Å². The first-order valence-corrected chi connectivity index (χ1v) is 7.86. The van der Waals surface area contributed by atoms with E-state index in [1.165, 1.54) is 4.57 Å². The van der Waals surface area contributed by atoms with Crippen LogP contribution in [0.15, 0.2) is 47.4 Å². The molecule has 1 N–H and O–H groups in total. The van der Waals surface area contributed by atoms with Crippen molar-refractivity contribution in [1.82, 2.24) is 4.57 Å². The summed E-state index contributed by atoms with van der Waals surface area (Å²) < 4.78 is 1.41. The van der Waals surface area contributed by atoms with Gasteiger partial charge in [-0.15, -0.1) is 0 Å². The van der Waals surface area contributed by atoms with Crippen LogP contribution in [0, 0.1) is 6.92 Å². The highest BCUT2D eigenvalue weighted by Crippen LogP contribution is 2.17. The molecule has 5 nitrogen and oxygen atoms in total. The van der Waals surface area contributed by atoms with Crippen molar-refractivity contribution in [3.8, 4) is 0 Å². The predicted octanol–water partition coefficient (Wildman–Crippen LogP) is 2.64. The lowest BCUT2D eigenvalue weighted by Crippen LogP contribution is -2.28. The number of carbonyl (C=O) groups excluding carboxylic acids is 1. The Morgan fingerprint density at radius 2 is 1.78 bits per heavy atom. The van der Waals surface area contributed by atoms with Crippen LogP contribution in [0.2, 0.25) is 0 Å². The lowest BCUT2D eigenvalue weighted by molar-refractivity contribution is -0.116. The standard InChI is InChI=1S/C18H23N3O2/c1-4-20(5-2)16-10-8-15(9-11-16)19-17(22)13-21-12-6-7-14(3)18(21)23/h6-12H,4-5,13H2,1-3H3,(H,19,22). The van der Waals surface area contributed by atoms with Crippen molar-refractivity contribution < 1.29 is 4.79 Å². The fourth-order valence-corrected chi connectivity index (χ4v) is 2.48. The van der Waals surface area contributed by atoms with E-state index in [1.807, 2.05) is 24.3 Å². The lowest BCUT2D eigenvalue weighted by atomic mass is 10.2. The normalized spacial score (nSPS) is 10.4. The van der Waals surface area contributed by atoms with Crippen molar-refractivity contribution in [2.24, 2.45) is 0 Å². The Morgan fingerprint density at radius 1 is 1.13 bits per heavy atom. The number of amides is 1. The molecule has 0 fully saturated rings. The van der Waals surface area contributed by atoms with E-state index in [4.69, 9.17) is 0 Å². The first kappa shape index (κ1) is 16.8. The Hall–Kier alpha value is -2.56. The molecule has 2 rings (SSSR count). The van der Waals surface area contributed by atoms with Crippen molar-refractivity contribution >= 4 is 17.3 Å². The summed E-state index contributed by atoms with van der Waals surface area (Å²) in [4.78, 5) is 26.2. The van der Waals surface area contributed by atoms with E-state index in [2.05, 4.69) is 24.1 Å². The van der Waals surface area contributed by atoms with E-state index in [1.54, 1.807) is 25.3 Å². The second-order valence-electron chi connectivity index (χ2n) is 5.39. The first-order chi connectivity index (χ1) is 11.0. The minimum Gasteiger partial charge on any atom is -0.372 e. The van der Waals surface area contributed by atoms with Gasteiger partial charge in [0.1, 0.15) is 6.54 Å². The zero-order chi connectivity index (χ0) is 16.8. The van der Waals surface area contributed by atoms with Gasteiger partial charge in [-0.3, -0.25) is 9.59 Å². The van der Waals surface area contributed by atoms with Crippen molar-refractivity contribution in [2.45, 2.75) is 27.3 Å². The van der Waals surface area contributed by atoms with E-state index in [0.29, 0.717) is 5.56 Å². The highest BCUT2D eigenvalue weighted by molar-refractivity contribution is 5.90. The van der Waals surface area contributed by atoms with E-state index in [-0.39, 0.29) is 18.0 Å². The number of rotatable bonds is 6. The molecule has 0 spiro atoms. The summed E-state index contributed by atoms with van der Waals surface area (Å²) >= 11 is 0. The summed E-state index contributed by atoms with van der Waals surface area (Å²) in [5.41, 5.74) is 2.35. The Labute approximate surface area is 136 Å². The molecule has 0 saturated heterocycles. The number of pyridine rings is 1. The third-order valence-electron chi connectivity index (χ3n) is 3.80. The Morgan fingerprint density at radius 3 is 2.39 bits per heavy atom. The van der Waals surface area contributed by atoms with Gasteiger partial charge in [0.05, 0.1) is 0 Å². The van der Waals surface area contributed by atoms with Crippen molar-refractivity contribution in [3.63, 3.8) is 0 Å². The van der Waals surface area contributed by atoms with Crippen LogP contribution in [-0.2, 0) is 11.3 Å². The number of anilines is 2. The topological polar surface area (TPSA) is 54.3 Å². The van der Waals surface area contributed by atoms with Crippen LogP contribution < -0.4 is 15.8 Å². The summed E-state index contributed by atoms with van der Waals surface area (Å²) in [6.07, 6.45) is 1.62. The number of aryl methyl sites for hydroxylation is 1. The SMILES string of the molecule is CCN(CC)c1ccc(NC(=O)Cn2cccc(C)c2=O)cc1. The van der Waals surface area contributed by atoms with Gasteiger partial charge in [-0.1, -0.05) is 6.07 Å². The van der Waals surface area contributed by atoms with Crippen LogP contribution >= 0.6 is 0 Å². The minimum absolute atomic E-state index is 0.0122. The third kappa shape index (κ3) is 4.22. The number of benzene rings is 1. The molecule has 1 amide bonds. The number of aromatic nitrogens is 1. The van der Waals surface area contributed by atoms with Crippen LogP contribution in [0.3, 0.4) is 0 Å². The van der Waals surface area contributed by atoms with E-state index < -0.39 is 0 Å². The maximum absolute atomic E-state index is 12.1. The maximum Gasteiger partial charge on any atom is 0.253 e. The van der Waals surface area contributed by atoms with Crippen molar-refractivity contribution in [3.05, 3.63) is 58.5 Å². The third-order valence-corrected chi connectivity index (χ3v) is 3.80. The zero-order valence-electron chi connectivity index (χ0n) is 13.9. The average molecular weight is 313 g/mol. The Kier molecular flexibility index (Phi) is 5.57. The molecule has 23 heavy (non-hydrogen) atoms. The van der Waals surface area contributed by atoms with Crippen LogP contribution in [0.4, 0.5) is 11.4 Å². The molecule has 1 heterocycles. The van der Waals surface area contributed by atoms with Gasteiger partial charge in [-0.25, -0.2) is 0 Å². The maximum atomic E-state index is 12.1. The molecular weight excluding hydrogens is 290 g/mol. The van der Waals surface area contributed by atoms with Gasteiger partial charge in [0.15, 0.2) is 0 Å². The van der Waals surface area contributed by atoms with Crippen LogP contribution in [0.25, 0.3) is 0 Å². The first-order valence-electron chi connectivity index (χ1n) is 7.86. The number of carbonyl (C=O) groups is 1. The second-order valence-corrected chi connectivity index (χ2v) is 5.39. The molecule has 0 aliphatic carbocycles. The van der Waals surface area contributed by atoms with Crippen molar-refractivity contribution in [2.75, 3.05) is 23.3 Å². The monoisotopic (exact) mass is 313 g/mol. The smallest absolute Gasteiger partial charge is 0.253 e. The van der Waals surface area contributed by atoms with E-state index in [0.717, 1.165) is 24.5 Å². The molecule has 2 aromatic rings. The molecule has 0 saturated carbocycles. The quantitative estimate of drug-likeness (QED) is 0.892.